The zero-order valence-electron chi connectivity index (χ0n) is 11.0. The fourth-order valence-corrected chi connectivity index (χ4v) is 1.45. The Morgan fingerprint density at radius 2 is 2.00 bits per heavy atom. The SMILES string of the molecule is COc1cc(C)nc(NC(=O)CCCCC(=O)O)n1. The van der Waals surface area contributed by atoms with Crippen molar-refractivity contribution in [2.75, 3.05) is 12.4 Å². The summed E-state index contributed by atoms with van der Waals surface area (Å²) in [6.07, 6.45) is 1.30. The molecule has 1 aromatic heterocycles. The van der Waals surface area contributed by atoms with Gasteiger partial charge in [-0.3, -0.25) is 14.9 Å². The summed E-state index contributed by atoms with van der Waals surface area (Å²) in [7, 11) is 1.49. The molecule has 0 unspecified atom stereocenters. The van der Waals surface area contributed by atoms with Crippen LogP contribution < -0.4 is 10.1 Å². The predicted molar refractivity (Wildman–Crippen MR) is 68.1 cm³/mol. The molecule has 0 saturated heterocycles. The first-order valence-corrected chi connectivity index (χ1v) is 5.92. The minimum Gasteiger partial charge on any atom is -0.481 e. The molecule has 104 valence electrons. The van der Waals surface area contributed by atoms with Crippen molar-refractivity contribution in [3.63, 3.8) is 0 Å². The van der Waals surface area contributed by atoms with Gasteiger partial charge in [-0.25, -0.2) is 4.98 Å². The van der Waals surface area contributed by atoms with Gasteiger partial charge < -0.3 is 9.84 Å². The van der Waals surface area contributed by atoms with Gasteiger partial charge in [-0.05, 0) is 19.8 Å². The number of unbranched alkanes of at least 4 members (excludes halogenated alkanes) is 1. The van der Waals surface area contributed by atoms with Crippen molar-refractivity contribution in [2.24, 2.45) is 0 Å². The smallest absolute Gasteiger partial charge is 0.303 e. The van der Waals surface area contributed by atoms with Crippen LogP contribution in [0.2, 0.25) is 0 Å². The number of nitrogens with zero attached hydrogens (tertiary/aromatic N) is 2. The number of amides is 1. The average molecular weight is 267 g/mol. The number of carbonyl (C=O) groups is 2. The maximum Gasteiger partial charge on any atom is 0.303 e. The van der Waals surface area contributed by atoms with Crippen LogP contribution in [-0.2, 0) is 9.59 Å². The molecule has 19 heavy (non-hydrogen) atoms. The number of rotatable bonds is 7. The van der Waals surface area contributed by atoms with Gasteiger partial charge in [-0.1, -0.05) is 0 Å². The van der Waals surface area contributed by atoms with Crippen LogP contribution in [0.15, 0.2) is 6.07 Å². The van der Waals surface area contributed by atoms with Crippen LogP contribution in [0, 0.1) is 6.92 Å². The molecule has 1 amide bonds. The molecule has 0 radical (unpaired) electrons. The van der Waals surface area contributed by atoms with E-state index >= 15 is 0 Å². The number of hydrogen-bond donors (Lipinski definition) is 2. The third-order valence-corrected chi connectivity index (χ3v) is 2.34. The lowest BCUT2D eigenvalue weighted by atomic mass is 10.2. The number of methoxy groups -OCH3 is 1. The molecule has 0 spiro atoms. The fourth-order valence-electron chi connectivity index (χ4n) is 1.45. The Labute approximate surface area is 111 Å². The summed E-state index contributed by atoms with van der Waals surface area (Å²) in [4.78, 5) is 29.9. The quantitative estimate of drug-likeness (QED) is 0.723. The molecular formula is C12H17N3O4. The second kappa shape index (κ2) is 7.30. The summed E-state index contributed by atoms with van der Waals surface area (Å²) in [6.45, 7) is 1.77. The predicted octanol–water partition coefficient (Wildman–Crippen LogP) is 1.38. The van der Waals surface area contributed by atoms with E-state index in [1.165, 1.54) is 7.11 Å². The molecule has 2 N–H and O–H groups in total. The topological polar surface area (TPSA) is 101 Å². The zero-order valence-corrected chi connectivity index (χ0v) is 11.0. The number of aryl methyl sites for hydroxylation is 1. The lowest BCUT2D eigenvalue weighted by Crippen LogP contribution is -2.14. The van der Waals surface area contributed by atoms with Crippen molar-refractivity contribution < 1.29 is 19.4 Å². The van der Waals surface area contributed by atoms with E-state index in [9.17, 15) is 9.59 Å². The van der Waals surface area contributed by atoms with E-state index in [2.05, 4.69) is 15.3 Å². The van der Waals surface area contributed by atoms with Gasteiger partial charge >= 0.3 is 5.97 Å². The van der Waals surface area contributed by atoms with E-state index < -0.39 is 5.97 Å². The van der Waals surface area contributed by atoms with Gasteiger partial charge in [0, 0.05) is 24.6 Å². The van der Waals surface area contributed by atoms with Gasteiger partial charge in [0.15, 0.2) is 0 Å². The maximum absolute atomic E-state index is 11.6. The van der Waals surface area contributed by atoms with E-state index in [-0.39, 0.29) is 24.7 Å². The lowest BCUT2D eigenvalue weighted by molar-refractivity contribution is -0.137. The van der Waals surface area contributed by atoms with Gasteiger partial charge in [0.1, 0.15) is 0 Å². The first kappa shape index (κ1) is 14.9. The Kier molecular flexibility index (Phi) is 5.72. The summed E-state index contributed by atoms with van der Waals surface area (Å²) < 4.78 is 4.97. The summed E-state index contributed by atoms with van der Waals surface area (Å²) >= 11 is 0. The second-order valence-corrected chi connectivity index (χ2v) is 4.02. The Bertz CT molecular complexity index is 462. The number of ether oxygens (including phenoxy) is 1. The number of hydrogen-bond acceptors (Lipinski definition) is 5. The summed E-state index contributed by atoms with van der Waals surface area (Å²) in [5, 5.41) is 11.0. The number of carboxylic acids is 1. The van der Waals surface area contributed by atoms with Crippen LogP contribution in [0.5, 0.6) is 5.88 Å². The summed E-state index contributed by atoms with van der Waals surface area (Å²) in [6, 6.07) is 1.66. The van der Waals surface area contributed by atoms with Crippen molar-refractivity contribution >= 4 is 17.8 Å². The van der Waals surface area contributed by atoms with Crippen LogP contribution >= 0.6 is 0 Å². The molecule has 7 heteroatoms. The minimum atomic E-state index is -0.854. The molecule has 0 saturated carbocycles. The van der Waals surface area contributed by atoms with Crippen LogP contribution in [0.4, 0.5) is 5.95 Å². The van der Waals surface area contributed by atoms with E-state index in [1.807, 2.05) is 0 Å². The molecular weight excluding hydrogens is 250 g/mol. The monoisotopic (exact) mass is 267 g/mol. The molecule has 0 aliphatic heterocycles. The molecule has 0 bridgehead atoms. The number of anilines is 1. The molecule has 1 heterocycles. The first-order chi connectivity index (χ1) is 9.01. The van der Waals surface area contributed by atoms with Crippen LogP contribution in [0.3, 0.4) is 0 Å². The van der Waals surface area contributed by atoms with Crippen molar-refractivity contribution in [3.05, 3.63) is 11.8 Å². The Morgan fingerprint density at radius 3 is 2.63 bits per heavy atom. The van der Waals surface area contributed by atoms with Crippen LogP contribution in [-0.4, -0.2) is 34.1 Å². The Balaban J connectivity index is 2.43. The fraction of sp³-hybridized carbons (Fsp3) is 0.500. The van der Waals surface area contributed by atoms with Gasteiger partial charge in [0.05, 0.1) is 7.11 Å². The highest BCUT2D eigenvalue weighted by Crippen LogP contribution is 2.11. The van der Waals surface area contributed by atoms with E-state index in [4.69, 9.17) is 9.84 Å². The van der Waals surface area contributed by atoms with Gasteiger partial charge in [0.2, 0.25) is 17.7 Å². The molecule has 0 aliphatic carbocycles. The minimum absolute atomic E-state index is 0.0715. The largest absolute Gasteiger partial charge is 0.481 e. The number of aliphatic carboxylic acids is 1. The average Bonchev–Trinajstić information content (AvgIpc) is 2.33. The highest BCUT2D eigenvalue weighted by Gasteiger charge is 2.07. The van der Waals surface area contributed by atoms with Crippen molar-refractivity contribution in [2.45, 2.75) is 32.6 Å². The second-order valence-electron chi connectivity index (χ2n) is 4.02. The maximum atomic E-state index is 11.6. The number of aromatic nitrogens is 2. The molecule has 7 nitrogen and oxygen atoms in total. The molecule has 1 rings (SSSR count). The number of carbonyl (C=O) groups excluding carboxylic acids is 1. The van der Waals surface area contributed by atoms with E-state index in [1.54, 1.807) is 13.0 Å². The van der Waals surface area contributed by atoms with Gasteiger partial charge in [0.25, 0.3) is 0 Å². The first-order valence-electron chi connectivity index (χ1n) is 5.92. The third-order valence-electron chi connectivity index (χ3n) is 2.34. The molecule has 0 fully saturated rings. The summed E-state index contributed by atoms with van der Waals surface area (Å²) in [5.74, 6) is -0.515. The van der Waals surface area contributed by atoms with Crippen molar-refractivity contribution in [1.29, 1.82) is 0 Å². The van der Waals surface area contributed by atoms with E-state index in [0.717, 1.165) is 0 Å². The Hall–Kier alpha value is -2.18. The molecule has 0 aliphatic rings. The third kappa shape index (κ3) is 5.80. The Morgan fingerprint density at radius 1 is 1.32 bits per heavy atom. The number of nitrogens with one attached hydrogen (secondary N) is 1. The van der Waals surface area contributed by atoms with E-state index in [0.29, 0.717) is 24.4 Å². The highest BCUT2D eigenvalue weighted by molar-refractivity contribution is 5.88. The van der Waals surface area contributed by atoms with Crippen LogP contribution in [0.25, 0.3) is 0 Å². The number of carboxylic acid groups (broad SMARTS) is 1. The highest BCUT2D eigenvalue weighted by atomic mass is 16.5. The molecule has 1 aromatic rings. The normalized spacial score (nSPS) is 10.0. The summed E-state index contributed by atoms with van der Waals surface area (Å²) in [5.41, 5.74) is 0.688. The standard InChI is InChI=1S/C12H17N3O4/c1-8-7-10(19-2)15-12(13-8)14-9(16)5-3-4-6-11(17)18/h7H,3-6H2,1-2H3,(H,17,18)(H,13,14,15,16). The zero-order chi connectivity index (χ0) is 14.3. The molecule has 0 aromatic carbocycles. The van der Waals surface area contributed by atoms with Crippen LogP contribution in [0.1, 0.15) is 31.4 Å². The van der Waals surface area contributed by atoms with Gasteiger partial charge in [-0.2, -0.15) is 4.98 Å². The molecule has 0 atom stereocenters. The van der Waals surface area contributed by atoms with Crippen molar-refractivity contribution in [3.8, 4) is 5.88 Å². The lowest BCUT2D eigenvalue weighted by Gasteiger charge is -2.06. The van der Waals surface area contributed by atoms with Gasteiger partial charge in [-0.15, -0.1) is 0 Å². The van der Waals surface area contributed by atoms with Crippen molar-refractivity contribution in [1.82, 2.24) is 9.97 Å².